The van der Waals surface area contributed by atoms with Gasteiger partial charge in [0.05, 0.1) is 5.56 Å². The van der Waals surface area contributed by atoms with Crippen molar-refractivity contribution in [1.82, 2.24) is 5.32 Å². The fraction of sp³-hybridized carbons (Fsp3) is 0.375. The number of hydrogen-bond donors (Lipinski definition) is 1. The van der Waals surface area contributed by atoms with Gasteiger partial charge in [-0.3, -0.25) is 9.59 Å². The summed E-state index contributed by atoms with van der Waals surface area (Å²) in [4.78, 5) is 37.6. The molecule has 1 saturated carbocycles. The number of carbonyl (C=O) groups excluding carboxylic acids is 3. The fourth-order valence-electron chi connectivity index (χ4n) is 3.85. The van der Waals surface area contributed by atoms with E-state index in [0.717, 1.165) is 12.8 Å². The van der Waals surface area contributed by atoms with Crippen molar-refractivity contribution in [2.45, 2.75) is 39.2 Å². The average Bonchev–Trinajstić information content (AvgIpc) is 2.75. The van der Waals surface area contributed by atoms with Crippen molar-refractivity contribution < 1.29 is 19.1 Å². The molecule has 5 heteroatoms. The number of carbonyl (C=O) groups is 3. The molecule has 1 aliphatic rings. The van der Waals surface area contributed by atoms with E-state index in [9.17, 15) is 14.4 Å². The van der Waals surface area contributed by atoms with Gasteiger partial charge in [-0.15, -0.1) is 0 Å². The molecule has 0 heterocycles. The molecule has 0 radical (unpaired) electrons. The lowest BCUT2D eigenvalue weighted by atomic mass is 9.78. The number of benzene rings is 2. The fourth-order valence-corrected chi connectivity index (χ4v) is 3.85. The van der Waals surface area contributed by atoms with Crippen LogP contribution in [0.25, 0.3) is 0 Å². The van der Waals surface area contributed by atoms with Gasteiger partial charge in [-0.05, 0) is 24.3 Å². The van der Waals surface area contributed by atoms with Crippen molar-refractivity contribution in [3.63, 3.8) is 0 Å². The monoisotopic (exact) mass is 393 g/mol. The van der Waals surface area contributed by atoms with Gasteiger partial charge in [-0.25, -0.2) is 4.79 Å². The Morgan fingerprint density at radius 3 is 2.31 bits per heavy atom. The Morgan fingerprint density at radius 1 is 0.931 bits per heavy atom. The minimum atomic E-state index is -0.676. The summed E-state index contributed by atoms with van der Waals surface area (Å²) >= 11 is 0. The minimum absolute atomic E-state index is 0.108. The second-order valence-electron chi connectivity index (χ2n) is 7.76. The van der Waals surface area contributed by atoms with E-state index < -0.39 is 5.97 Å². The van der Waals surface area contributed by atoms with Gasteiger partial charge in [0, 0.05) is 17.2 Å². The third kappa shape index (κ3) is 5.11. The summed E-state index contributed by atoms with van der Waals surface area (Å²) in [6.07, 6.45) is 3.21. The van der Waals surface area contributed by atoms with Crippen molar-refractivity contribution in [2.24, 2.45) is 11.8 Å². The van der Waals surface area contributed by atoms with Crippen LogP contribution in [0, 0.1) is 11.8 Å². The second-order valence-corrected chi connectivity index (χ2v) is 7.76. The average molecular weight is 393 g/mol. The molecule has 1 fully saturated rings. The Kier molecular flexibility index (Phi) is 6.81. The van der Waals surface area contributed by atoms with Crippen LogP contribution in [-0.4, -0.2) is 30.3 Å². The van der Waals surface area contributed by atoms with Crippen molar-refractivity contribution in [3.05, 3.63) is 71.3 Å². The molecule has 0 spiro atoms. The van der Waals surface area contributed by atoms with Gasteiger partial charge >= 0.3 is 5.97 Å². The molecule has 0 saturated heterocycles. The number of hydrogen-bond acceptors (Lipinski definition) is 4. The molecular formula is C24H27NO4. The molecule has 0 aromatic heterocycles. The van der Waals surface area contributed by atoms with Crippen LogP contribution in [0.1, 0.15) is 59.4 Å². The van der Waals surface area contributed by atoms with Crippen LogP contribution in [0.2, 0.25) is 0 Å². The topological polar surface area (TPSA) is 72.5 Å². The number of ketones is 1. The zero-order valence-corrected chi connectivity index (χ0v) is 16.9. The Bertz CT molecular complexity index is 877. The van der Waals surface area contributed by atoms with Crippen molar-refractivity contribution in [1.29, 1.82) is 0 Å². The molecule has 2 aromatic carbocycles. The van der Waals surface area contributed by atoms with E-state index in [1.807, 2.05) is 6.07 Å². The summed E-state index contributed by atoms with van der Waals surface area (Å²) in [5.74, 6) is -0.283. The van der Waals surface area contributed by atoms with Gasteiger partial charge < -0.3 is 10.1 Å². The Hall–Kier alpha value is -2.95. The predicted octanol–water partition coefficient (Wildman–Crippen LogP) is 4.02. The van der Waals surface area contributed by atoms with E-state index in [0.29, 0.717) is 17.4 Å². The molecule has 0 unspecified atom stereocenters. The van der Waals surface area contributed by atoms with Crippen LogP contribution in [-0.2, 0) is 9.53 Å². The highest BCUT2D eigenvalue weighted by molar-refractivity contribution is 6.14. The molecule has 3 atom stereocenters. The Morgan fingerprint density at radius 2 is 1.59 bits per heavy atom. The van der Waals surface area contributed by atoms with Gasteiger partial charge in [-0.1, -0.05) is 75.2 Å². The van der Waals surface area contributed by atoms with E-state index in [4.69, 9.17) is 4.74 Å². The molecule has 0 bridgehead atoms. The maximum atomic E-state index is 12.8. The SMILES string of the molecule is C[C@@H]1[C@H](C)CCC[C@@H]1NC(=O)COC(=O)c1ccccc1C(=O)c1ccccc1. The summed E-state index contributed by atoms with van der Waals surface area (Å²) in [7, 11) is 0. The van der Waals surface area contributed by atoms with E-state index >= 15 is 0 Å². The molecule has 0 aliphatic heterocycles. The molecular weight excluding hydrogens is 366 g/mol. The largest absolute Gasteiger partial charge is 0.452 e. The highest BCUT2D eigenvalue weighted by atomic mass is 16.5. The third-order valence-corrected chi connectivity index (χ3v) is 5.82. The molecule has 3 rings (SSSR count). The standard InChI is InChI=1S/C24H27NO4/c1-16-9-8-14-21(17(16)2)25-22(26)15-29-24(28)20-13-7-6-12-19(20)23(27)18-10-4-3-5-11-18/h3-7,10-13,16-17,21H,8-9,14-15H2,1-2H3,(H,25,26)/t16-,17-,21+/m1/s1. The van der Waals surface area contributed by atoms with Gasteiger partial charge in [0.1, 0.15) is 0 Å². The number of ether oxygens (including phenoxy) is 1. The Balaban J connectivity index is 1.63. The first kappa shape index (κ1) is 20.8. The summed E-state index contributed by atoms with van der Waals surface area (Å²) < 4.78 is 5.22. The summed E-state index contributed by atoms with van der Waals surface area (Å²) in [5.41, 5.74) is 0.915. The highest BCUT2D eigenvalue weighted by Gasteiger charge is 2.28. The summed E-state index contributed by atoms with van der Waals surface area (Å²) in [6, 6.07) is 15.4. The smallest absolute Gasteiger partial charge is 0.339 e. The first-order valence-electron chi connectivity index (χ1n) is 10.1. The second kappa shape index (κ2) is 9.50. The summed E-state index contributed by atoms with van der Waals surface area (Å²) in [6.45, 7) is 3.99. The lowest BCUT2D eigenvalue weighted by Gasteiger charge is -2.34. The van der Waals surface area contributed by atoms with Gasteiger partial charge in [0.2, 0.25) is 0 Å². The molecule has 1 amide bonds. The summed E-state index contributed by atoms with van der Waals surface area (Å²) in [5, 5.41) is 2.99. The Labute approximate surface area is 171 Å². The van der Waals surface area contributed by atoms with Crippen molar-refractivity contribution in [2.75, 3.05) is 6.61 Å². The highest BCUT2D eigenvalue weighted by Crippen LogP contribution is 2.29. The third-order valence-electron chi connectivity index (χ3n) is 5.82. The zero-order valence-electron chi connectivity index (χ0n) is 16.9. The lowest BCUT2D eigenvalue weighted by molar-refractivity contribution is -0.125. The van der Waals surface area contributed by atoms with Crippen LogP contribution in [0.5, 0.6) is 0 Å². The molecule has 1 aliphatic carbocycles. The van der Waals surface area contributed by atoms with E-state index in [-0.39, 0.29) is 35.5 Å². The lowest BCUT2D eigenvalue weighted by Crippen LogP contribution is -2.45. The van der Waals surface area contributed by atoms with Crippen molar-refractivity contribution in [3.8, 4) is 0 Å². The first-order valence-corrected chi connectivity index (χ1v) is 10.1. The molecule has 1 N–H and O–H groups in total. The number of amides is 1. The minimum Gasteiger partial charge on any atom is -0.452 e. The molecule has 2 aromatic rings. The number of esters is 1. The van der Waals surface area contributed by atoms with Crippen LogP contribution in [0.15, 0.2) is 54.6 Å². The van der Waals surface area contributed by atoms with E-state index in [2.05, 4.69) is 19.2 Å². The van der Waals surface area contributed by atoms with E-state index in [1.54, 1.807) is 48.5 Å². The van der Waals surface area contributed by atoms with Crippen molar-refractivity contribution >= 4 is 17.7 Å². The maximum Gasteiger partial charge on any atom is 0.339 e. The van der Waals surface area contributed by atoms with Crippen LogP contribution in [0.3, 0.4) is 0 Å². The maximum absolute atomic E-state index is 12.8. The van der Waals surface area contributed by atoms with Crippen LogP contribution in [0.4, 0.5) is 0 Å². The number of nitrogens with one attached hydrogen (secondary N) is 1. The normalized spacial score (nSPS) is 21.2. The predicted molar refractivity (Wildman–Crippen MR) is 111 cm³/mol. The molecule has 5 nitrogen and oxygen atoms in total. The van der Waals surface area contributed by atoms with Gasteiger partial charge in [0.25, 0.3) is 5.91 Å². The molecule has 152 valence electrons. The zero-order chi connectivity index (χ0) is 20.8. The van der Waals surface area contributed by atoms with E-state index in [1.165, 1.54) is 6.42 Å². The van der Waals surface area contributed by atoms with Gasteiger partial charge in [-0.2, -0.15) is 0 Å². The van der Waals surface area contributed by atoms with Gasteiger partial charge in [0.15, 0.2) is 12.4 Å². The quantitative estimate of drug-likeness (QED) is 0.594. The van der Waals surface area contributed by atoms with Crippen LogP contribution >= 0.6 is 0 Å². The molecule has 29 heavy (non-hydrogen) atoms. The number of rotatable bonds is 6. The van der Waals surface area contributed by atoms with Crippen LogP contribution < -0.4 is 5.32 Å². The first-order chi connectivity index (χ1) is 14.0.